The first-order valence-corrected chi connectivity index (χ1v) is 9.62. The highest BCUT2D eigenvalue weighted by Crippen LogP contribution is 2.28. The molecule has 0 bridgehead atoms. The van der Waals surface area contributed by atoms with E-state index in [1.54, 1.807) is 0 Å². The average molecular weight is 389 g/mol. The molecular formula is C22H23N5O2. The Morgan fingerprint density at radius 2 is 1.66 bits per heavy atom. The molecule has 148 valence electrons. The van der Waals surface area contributed by atoms with Crippen LogP contribution in [0, 0.1) is 0 Å². The third-order valence-corrected chi connectivity index (χ3v) is 4.71. The van der Waals surface area contributed by atoms with Crippen LogP contribution in [0.1, 0.15) is 15.9 Å². The van der Waals surface area contributed by atoms with E-state index in [-0.39, 0.29) is 5.91 Å². The highest BCUT2D eigenvalue weighted by atomic mass is 16.5. The number of ether oxygens (including phenoxy) is 1. The number of benzene rings is 2. The summed E-state index contributed by atoms with van der Waals surface area (Å²) in [5, 5.41) is 6.14. The number of para-hydroxylation sites is 2. The Hall–Kier alpha value is -3.45. The fourth-order valence-corrected chi connectivity index (χ4v) is 3.17. The van der Waals surface area contributed by atoms with Crippen LogP contribution in [0.5, 0.6) is 0 Å². The average Bonchev–Trinajstić information content (AvgIpc) is 2.80. The summed E-state index contributed by atoms with van der Waals surface area (Å²) in [6.45, 7) is 3.60. The van der Waals surface area contributed by atoms with Crippen molar-refractivity contribution in [3.05, 3.63) is 78.1 Å². The van der Waals surface area contributed by atoms with E-state index in [9.17, 15) is 4.79 Å². The second-order valence-electron chi connectivity index (χ2n) is 6.71. The van der Waals surface area contributed by atoms with Crippen LogP contribution < -0.4 is 15.5 Å². The number of hydrogen-bond donors (Lipinski definition) is 2. The van der Waals surface area contributed by atoms with Gasteiger partial charge in [-0.2, -0.15) is 0 Å². The quantitative estimate of drug-likeness (QED) is 0.675. The van der Waals surface area contributed by atoms with Crippen LogP contribution in [0.15, 0.2) is 67.0 Å². The second-order valence-corrected chi connectivity index (χ2v) is 6.71. The van der Waals surface area contributed by atoms with Gasteiger partial charge in [0.05, 0.1) is 30.2 Å². The monoisotopic (exact) mass is 389 g/mol. The summed E-state index contributed by atoms with van der Waals surface area (Å²) in [4.78, 5) is 23.2. The van der Waals surface area contributed by atoms with Gasteiger partial charge in [0.15, 0.2) is 0 Å². The van der Waals surface area contributed by atoms with Crippen LogP contribution in [0.2, 0.25) is 0 Å². The van der Waals surface area contributed by atoms with Crippen molar-refractivity contribution in [2.45, 2.75) is 6.54 Å². The van der Waals surface area contributed by atoms with Gasteiger partial charge in [-0.25, -0.2) is 9.97 Å². The van der Waals surface area contributed by atoms with Crippen molar-refractivity contribution < 1.29 is 9.53 Å². The van der Waals surface area contributed by atoms with E-state index in [0.717, 1.165) is 43.2 Å². The molecule has 1 saturated heterocycles. The Kier molecular flexibility index (Phi) is 5.97. The van der Waals surface area contributed by atoms with E-state index < -0.39 is 0 Å². The normalized spacial score (nSPS) is 13.7. The minimum Gasteiger partial charge on any atom is -0.378 e. The van der Waals surface area contributed by atoms with Crippen molar-refractivity contribution in [3.63, 3.8) is 0 Å². The van der Waals surface area contributed by atoms with Gasteiger partial charge in [-0.1, -0.05) is 42.5 Å². The van der Waals surface area contributed by atoms with Gasteiger partial charge >= 0.3 is 0 Å². The van der Waals surface area contributed by atoms with Crippen molar-refractivity contribution in [1.82, 2.24) is 15.3 Å². The number of anilines is 3. The number of hydrogen-bond acceptors (Lipinski definition) is 6. The predicted octanol–water partition coefficient (Wildman–Crippen LogP) is 2.99. The van der Waals surface area contributed by atoms with Crippen LogP contribution in [0.4, 0.5) is 17.3 Å². The minimum absolute atomic E-state index is 0.200. The summed E-state index contributed by atoms with van der Waals surface area (Å²) in [5.41, 5.74) is 3.48. The molecule has 7 heteroatoms. The number of carbonyl (C=O) groups excluding carboxylic acids is 1. The van der Waals surface area contributed by atoms with Crippen molar-refractivity contribution in [2.24, 2.45) is 0 Å². The summed E-state index contributed by atoms with van der Waals surface area (Å²) in [6, 6.07) is 17.8. The lowest BCUT2D eigenvalue weighted by Gasteiger charge is -2.30. The third-order valence-electron chi connectivity index (χ3n) is 4.71. The van der Waals surface area contributed by atoms with Gasteiger partial charge in [-0.3, -0.25) is 4.79 Å². The maximum Gasteiger partial charge on any atom is 0.254 e. The van der Waals surface area contributed by atoms with Crippen LogP contribution in [0.25, 0.3) is 0 Å². The lowest BCUT2D eigenvalue weighted by Crippen LogP contribution is -2.36. The molecule has 1 aromatic heterocycles. The predicted molar refractivity (Wildman–Crippen MR) is 112 cm³/mol. The Balaban J connectivity index is 1.40. The SMILES string of the molecule is O=C(NCc1ccccc1)c1cnc(Nc2ccccc2N2CCOCC2)nc1. The molecule has 0 atom stereocenters. The van der Waals surface area contributed by atoms with E-state index in [0.29, 0.717) is 18.1 Å². The van der Waals surface area contributed by atoms with E-state index >= 15 is 0 Å². The Morgan fingerprint density at radius 1 is 0.966 bits per heavy atom. The number of amides is 1. The molecule has 3 aromatic rings. The van der Waals surface area contributed by atoms with Gasteiger partial charge in [-0.15, -0.1) is 0 Å². The topological polar surface area (TPSA) is 79.4 Å². The molecule has 1 amide bonds. The van der Waals surface area contributed by atoms with E-state index in [2.05, 4.69) is 31.6 Å². The molecule has 2 heterocycles. The molecule has 7 nitrogen and oxygen atoms in total. The fraction of sp³-hybridized carbons (Fsp3) is 0.227. The molecular weight excluding hydrogens is 366 g/mol. The number of aromatic nitrogens is 2. The molecule has 0 unspecified atom stereocenters. The zero-order valence-corrected chi connectivity index (χ0v) is 16.0. The third kappa shape index (κ3) is 4.89. The zero-order valence-electron chi connectivity index (χ0n) is 16.0. The molecule has 2 N–H and O–H groups in total. The highest BCUT2D eigenvalue weighted by molar-refractivity contribution is 5.93. The van der Waals surface area contributed by atoms with E-state index in [4.69, 9.17) is 4.74 Å². The Morgan fingerprint density at radius 3 is 2.41 bits per heavy atom. The lowest BCUT2D eigenvalue weighted by atomic mass is 10.2. The molecule has 1 fully saturated rings. The van der Waals surface area contributed by atoms with Gasteiger partial charge in [0.1, 0.15) is 0 Å². The standard InChI is InChI=1S/C22H23N5O2/c28-21(23-14-17-6-2-1-3-7-17)18-15-24-22(25-16-18)26-19-8-4-5-9-20(19)27-10-12-29-13-11-27/h1-9,15-16H,10-14H2,(H,23,28)(H,24,25,26). The van der Waals surface area contributed by atoms with E-state index in [1.807, 2.05) is 48.5 Å². The molecule has 0 radical (unpaired) electrons. The number of morpholine rings is 1. The molecule has 2 aromatic carbocycles. The number of nitrogens with one attached hydrogen (secondary N) is 2. The first-order chi connectivity index (χ1) is 14.3. The largest absolute Gasteiger partial charge is 0.378 e. The molecule has 29 heavy (non-hydrogen) atoms. The van der Waals surface area contributed by atoms with Gasteiger partial charge in [0.25, 0.3) is 5.91 Å². The molecule has 0 saturated carbocycles. The fourth-order valence-electron chi connectivity index (χ4n) is 3.17. The van der Waals surface area contributed by atoms with Crippen molar-refractivity contribution in [1.29, 1.82) is 0 Å². The first-order valence-electron chi connectivity index (χ1n) is 9.62. The van der Waals surface area contributed by atoms with Crippen LogP contribution >= 0.6 is 0 Å². The van der Waals surface area contributed by atoms with Crippen molar-refractivity contribution in [3.8, 4) is 0 Å². The Bertz CT molecular complexity index is 941. The number of carbonyl (C=O) groups is 1. The summed E-state index contributed by atoms with van der Waals surface area (Å²) >= 11 is 0. The molecule has 0 aliphatic carbocycles. The van der Waals surface area contributed by atoms with Gasteiger partial charge in [0.2, 0.25) is 5.95 Å². The van der Waals surface area contributed by atoms with Crippen LogP contribution in [-0.2, 0) is 11.3 Å². The summed E-state index contributed by atoms with van der Waals surface area (Å²) in [5.74, 6) is 0.249. The first kappa shape index (κ1) is 18.9. The van der Waals surface area contributed by atoms with Gasteiger partial charge in [0, 0.05) is 32.0 Å². The smallest absolute Gasteiger partial charge is 0.254 e. The summed E-state index contributed by atoms with van der Waals surface area (Å²) < 4.78 is 5.44. The van der Waals surface area contributed by atoms with Crippen molar-refractivity contribution >= 4 is 23.2 Å². The van der Waals surface area contributed by atoms with Gasteiger partial charge in [-0.05, 0) is 17.7 Å². The summed E-state index contributed by atoms with van der Waals surface area (Å²) in [7, 11) is 0. The summed E-state index contributed by atoms with van der Waals surface area (Å²) in [6.07, 6.45) is 3.07. The maximum absolute atomic E-state index is 12.3. The molecule has 1 aliphatic heterocycles. The highest BCUT2D eigenvalue weighted by Gasteiger charge is 2.15. The molecule has 4 rings (SSSR count). The number of nitrogens with zero attached hydrogens (tertiary/aromatic N) is 3. The second kappa shape index (κ2) is 9.16. The minimum atomic E-state index is -0.200. The lowest BCUT2D eigenvalue weighted by molar-refractivity contribution is 0.0950. The zero-order chi connectivity index (χ0) is 19.9. The van der Waals surface area contributed by atoms with Crippen LogP contribution in [0.3, 0.4) is 0 Å². The maximum atomic E-state index is 12.3. The number of rotatable bonds is 6. The van der Waals surface area contributed by atoms with E-state index in [1.165, 1.54) is 12.4 Å². The Labute approximate surface area is 169 Å². The van der Waals surface area contributed by atoms with Gasteiger partial charge < -0.3 is 20.3 Å². The molecule has 0 spiro atoms. The molecule has 1 aliphatic rings. The van der Waals surface area contributed by atoms with Crippen LogP contribution in [-0.4, -0.2) is 42.2 Å². The van der Waals surface area contributed by atoms with Crippen molar-refractivity contribution in [2.75, 3.05) is 36.5 Å².